The molecule has 4 rings (SSSR count). The zero-order valence-corrected chi connectivity index (χ0v) is 17.6. The molecule has 7 nitrogen and oxygen atoms in total. The molecule has 0 spiro atoms. The van der Waals surface area contributed by atoms with Crippen molar-refractivity contribution in [2.24, 2.45) is 17.8 Å². The Morgan fingerprint density at radius 1 is 0.967 bits per heavy atom. The van der Waals surface area contributed by atoms with Crippen LogP contribution in [0.3, 0.4) is 0 Å². The SMILES string of the molecule is C[C@@H]1CC[C@H]2C(=O)N(c3ccc(NC4CCCCCCC4)c([N+](=O)[O-])c3)C(=O)[C@H]2C1. The van der Waals surface area contributed by atoms with Crippen LogP contribution in [-0.2, 0) is 9.59 Å². The molecule has 1 aromatic carbocycles. The molecule has 7 heteroatoms. The number of carbonyl (C=O) groups is 2. The van der Waals surface area contributed by atoms with Crippen molar-refractivity contribution >= 4 is 28.9 Å². The third-order valence-corrected chi connectivity index (χ3v) is 7.09. The second kappa shape index (κ2) is 8.74. The summed E-state index contributed by atoms with van der Waals surface area (Å²) in [4.78, 5) is 38.5. The highest BCUT2D eigenvalue weighted by Crippen LogP contribution is 2.43. The fraction of sp³-hybridized carbons (Fsp3) is 0.652. The monoisotopic (exact) mass is 413 g/mol. The number of amides is 2. The molecule has 1 aliphatic heterocycles. The summed E-state index contributed by atoms with van der Waals surface area (Å²) >= 11 is 0. The van der Waals surface area contributed by atoms with Crippen molar-refractivity contribution in [1.82, 2.24) is 0 Å². The lowest BCUT2D eigenvalue weighted by Gasteiger charge is -2.25. The molecule has 2 amide bonds. The first-order valence-corrected chi connectivity index (χ1v) is 11.4. The number of hydrogen-bond acceptors (Lipinski definition) is 5. The zero-order chi connectivity index (χ0) is 21.3. The van der Waals surface area contributed by atoms with Gasteiger partial charge in [0.15, 0.2) is 0 Å². The van der Waals surface area contributed by atoms with E-state index in [2.05, 4.69) is 12.2 Å². The number of imide groups is 1. The van der Waals surface area contributed by atoms with E-state index in [1.807, 2.05) is 0 Å². The molecule has 1 N–H and O–H groups in total. The number of benzene rings is 1. The second-order valence-electron chi connectivity index (χ2n) is 9.29. The van der Waals surface area contributed by atoms with E-state index in [-0.39, 0.29) is 35.4 Å². The first kappa shape index (κ1) is 20.8. The van der Waals surface area contributed by atoms with E-state index in [0.29, 0.717) is 17.3 Å². The molecule has 3 aliphatic rings. The highest BCUT2D eigenvalue weighted by atomic mass is 16.6. The smallest absolute Gasteiger partial charge is 0.294 e. The number of fused-ring (bicyclic) bond motifs is 1. The number of nitro benzene ring substituents is 1. The van der Waals surface area contributed by atoms with Crippen molar-refractivity contribution in [2.75, 3.05) is 10.2 Å². The molecule has 0 radical (unpaired) electrons. The molecule has 162 valence electrons. The maximum atomic E-state index is 13.0. The summed E-state index contributed by atoms with van der Waals surface area (Å²) in [5.74, 6) is -0.542. The molecule has 2 saturated carbocycles. The Labute approximate surface area is 177 Å². The van der Waals surface area contributed by atoms with Crippen molar-refractivity contribution in [3.8, 4) is 0 Å². The number of carbonyl (C=O) groups excluding carboxylic acids is 2. The molecule has 1 heterocycles. The number of anilines is 2. The van der Waals surface area contributed by atoms with Gasteiger partial charge in [0, 0.05) is 12.1 Å². The number of hydrogen-bond donors (Lipinski definition) is 1. The highest BCUT2D eigenvalue weighted by molar-refractivity contribution is 6.22. The average molecular weight is 414 g/mol. The van der Waals surface area contributed by atoms with Gasteiger partial charge < -0.3 is 5.32 Å². The first-order chi connectivity index (χ1) is 14.5. The maximum absolute atomic E-state index is 13.0. The van der Waals surface area contributed by atoms with Gasteiger partial charge in [-0.1, -0.05) is 39.0 Å². The maximum Gasteiger partial charge on any atom is 0.294 e. The lowest BCUT2D eigenvalue weighted by Crippen LogP contribution is -2.31. The van der Waals surface area contributed by atoms with Crippen LogP contribution < -0.4 is 10.2 Å². The van der Waals surface area contributed by atoms with Gasteiger partial charge in [-0.25, -0.2) is 4.90 Å². The minimum absolute atomic E-state index is 0.0709. The van der Waals surface area contributed by atoms with E-state index in [1.54, 1.807) is 12.1 Å². The molecule has 0 unspecified atom stereocenters. The Morgan fingerprint density at radius 3 is 2.33 bits per heavy atom. The lowest BCUT2D eigenvalue weighted by molar-refractivity contribution is -0.383. The van der Waals surface area contributed by atoms with Crippen molar-refractivity contribution < 1.29 is 14.5 Å². The fourth-order valence-electron chi connectivity index (χ4n) is 5.40. The number of nitrogens with one attached hydrogen (secondary N) is 1. The lowest BCUT2D eigenvalue weighted by atomic mass is 9.76. The zero-order valence-electron chi connectivity index (χ0n) is 17.6. The van der Waals surface area contributed by atoms with Gasteiger partial charge in [0.25, 0.3) is 5.69 Å². The predicted molar refractivity (Wildman–Crippen MR) is 115 cm³/mol. The van der Waals surface area contributed by atoms with Gasteiger partial charge in [-0.2, -0.15) is 0 Å². The van der Waals surface area contributed by atoms with Crippen molar-refractivity contribution in [3.63, 3.8) is 0 Å². The standard InChI is InChI=1S/C23H31N3O4/c1-15-9-11-18-19(13-15)23(28)25(22(18)27)17-10-12-20(21(14-17)26(29)30)24-16-7-5-3-2-4-6-8-16/h10,12,14-16,18-19,24H,2-9,11,13H2,1H3/t15-,18-,19+/m1/s1. The predicted octanol–water partition coefficient (Wildman–Crippen LogP) is 5.05. The number of rotatable bonds is 4. The third-order valence-electron chi connectivity index (χ3n) is 7.09. The molecular weight excluding hydrogens is 382 g/mol. The van der Waals surface area contributed by atoms with Gasteiger partial charge in [0.2, 0.25) is 11.8 Å². The van der Waals surface area contributed by atoms with E-state index in [9.17, 15) is 19.7 Å². The fourth-order valence-corrected chi connectivity index (χ4v) is 5.40. The van der Waals surface area contributed by atoms with E-state index in [4.69, 9.17) is 0 Å². The summed E-state index contributed by atoms with van der Waals surface area (Å²) in [6.07, 6.45) is 10.3. The van der Waals surface area contributed by atoms with E-state index >= 15 is 0 Å². The van der Waals surface area contributed by atoms with Crippen LogP contribution in [0.5, 0.6) is 0 Å². The summed E-state index contributed by atoms with van der Waals surface area (Å²) < 4.78 is 0. The van der Waals surface area contributed by atoms with Gasteiger partial charge in [-0.3, -0.25) is 19.7 Å². The molecular formula is C23H31N3O4. The molecule has 0 aromatic heterocycles. The van der Waals surface area contributed by atoms with Crippen molar-refractivity contribution in [3.05, 3.63) is 28.3 Å². The minimum Gasteiger partial charge on any atom is -0.377 e. The Morgan fingerprint density at radius 2 is 1.63 bits per heavy atom. The molecule has 3 atom stereocenters. The van der Waals surface area contributed by atoms with Crippen LogP contribution in [0.4, 0.5) is 17.1 Å². The van der Waals surface area contributed by atoms with Crippen LogP contribution in [-0.4, -0.2) is 22.8 Å². The largest absolute Gasteiger partial charge is 0.377 e. The van der Waals surface area contributed by atoms with Crippen LogP contribution in [0.1, 0.15) is 71.1 Å². The summed E-state index contributed by atoms with van der Waals surface area (Å²) in [5.41, 5.74) is 0.722. The molecule has 0 bridgehead atoms. The Kier molecular flexibility index (Phi) is 6.06. The summed E-state index contributed by atoms with van der Waals surface area (Å²) in [6, 6.07) is 4.95. The van der Waals surface area contributed by atoms with Gasteiger partial charge in [0.05, 0.1) is 22.4 Å². The van der Waals surface area contributed by atoms with E-state index in [1.165, 1.54) is 30.2 Å². The Balaban J connectivity index is 1.58. The van der Waals surface area contributed by atoms with Gasteiger partial charge in [-0.05, 0) is 50.2 Å². The van der Waals surface area contributed by atoms with E-state index in [0.717, 1.165) is 44.9 Å². The molecule has 3 fully saturated rings. The first-order valence-electron chi connectivity index (χ1n) is 11.4. The van der Waals surface area contributed by atoms with Crippen LogP contribution in [0, 0.1) is 27.9 Å². The quantitative estimate of drug-likeness (QED) is 0.424. The van der Waals surface area contributed by atoms with Crippen LogP contribution in [0.2, 0.25) is 0 Å². The van der Waals surface area contributed by atoms with E-state index < -0.39 is 4.92 Å². The van der Waals surface area contributed by atoms with Gasteiger partial charge >= 0.3 is 0 Å². The van der Waals surface area contributed by atoms with Crippen LogP contribution in [0.15, 0.2) is 18.2 Å². The molecule has 1 aromatic rings. The minimum atomic E-state index is -0.422. The van der Waals surface area contributed by atoms with Gasteiger partial charge in [-0.15, -0.1) is 0 Å². The topological polar surface area (TPSA) is 92.6 Å². The van der Waals surface area contributed by atoms with Gasteiger partial charge in [0.1, 0.15) is 5.69 Å². The summed E-state index contributed by atoms with van der Waals surface area (Å²) in [7, 11) is 0. The highest BCUT2D eigenvalue weighted by Gasteiger charge is 2.50. The Hall–Kier alpha value is -2.44. The van der Waals surface area contributed by atoms with Crippen LogP contribution in [0.25, 0.3) is 0 Å². The normalized spacial score (nSPS) is 28.0. The molecule has 2 aliphatic carbocycles. The second-order valence-corrected chi connectivity index (χ2v) is 9.29. The third kappa shape index (κ3) is 4.07. The van der Waals surface area contributed by atoms with Crippen molar-refractivity contribution in [1.29, 1.82) is 0 Å². The summed E-state index contributed by atoms with van der Waals surface area (Å²) in [6.45, 7) is 2.11. The van der Waals surface area contributed by atoms with Crippen LogP contribution >= 0.6 is 0 Å². The Bertz CT molecular complexity index is 832. The molecule has 1 saturated heterocycles. The van der Waals surface area contributed by atoms with Crippen molar-refractivity contribution in [2.45, 2.75) is 77.2 Å². The average Bonchev–Trinajstić information content (AvgIpc) is 2.94. The number of nitrogens with zero attached hydrogens (tertiary/aromatic N) is 2. The summed E-state index contributed by atoms with van der Waals surface area (Å²) in [5, 5.41) is 15.2. The number of nitro groups is 1. The molecule has 30 heavy (non-hydrogen) atoms.